The molecule has 0 aliphatic carbocycles. The van der Waals surface area contributed by atoms with Gasteiger partial charge in [-0.15, -0.1) is 0 Å². The molecule has 3 heterocycles. The van der Waals surface area contributed by atoms with Gasteiger partial charge in [-0.3, -0.25) is 4.79 Å². The van der Waals surface area contributed by atoms with Crippen LogP contribution in [0.2, 0.25) is 0 Å². The molecule has 6 heteroatoms. The summed E-state index contributed by atoms with van der Waals surface area (Å²) in [6.07, 6.45) is 1.61. The van der Waals surface area contributed by atoms with E-state index in [1.54, 1.807) is 16.9 Å². The van der Waals surface area contributed by atoms with Gasteiger partial charge < -0.3 is 9.73 Å². The van der Waals surface area contributed by atoms with Crippen molar-refractivity contribution in [3.8, 4) is 5.82 Å². The molecule has 0 radical (unpaired) electrons. The minimum absolute atomic E-state index is 0.292. The van der Waals surface area contributed by atoms with Gasteiger partial charge in [-0.2, -0.15) is 5.10 Å². The molecule has 6 nitrogen and oxygen atoms in total. The first-order chi connectivity index (χ1) is 12.5. The van der Waals surface area contributed by atoms with E-state index >= 15 is 0 Å². The molecule has 0 saturated heterocycles. The van der Waals surface area contributed by atoms with Crippen LogP contribution in [0.3, 0.4) is 0 Å². The van der Waals surface area contributed by atoms with Crippen molar-refractivity contribution in [3.05, 3.63) is 71.4 Å². The van der Waals surface area contributed by atoms with Crippen molar-refractivity contribution in [2.75, 3.05) is 5.32 Å². The molecule has 1 amide bonds. The van der Waals surface area contributed by atoms with Crippen LogP contribution < -0.4 is 5.32 Å². The molecular formula is C20H18N4O2. The maximum atomic E-state index is 12.6. The molecule has 1 N–H and O–H groups in total. The maximum Gasteiger partial charge on any atom is 0.291 e. The molecule has 0 fully saturated rings. The second-order valence-electron chi connectivity index (χ2n) is 6.25. The molecule has 0 spiro atoms. The number of anilines is 1. The van der Waals surface area contributed by atoms with Crippen LogP contribution in [-0.2, 0) is 0 Å². The normalized spacial score (nSPS) is 11.0. The van der Waals surface area contributed by atoms with Crippen LogP contribution in [-0.4, -0.2) is 20.7 Å². The SMILES string of the molecule is Cc1cc(C)n(-c2ccc(NC(=O)c3oc4ccccc4c3C)cn2)n1. The zero-order valence-corrected chi connectivity index (χ0v) is 14.8. The second kappa shape index (κ2) is 6.15. The van der Waals surface area contributed by atoms with Crippen molar-refractivity contribution < 1.29 is 9.21 Å². The highest BCUT2D eigenvalue weighted by Gasteiger charge is 2.17. The Morgan fingerprint density at radius 1 is 1.12 bits per heavy atom. The summed E-state index contributed by atoms with van der Waals surface area (Å²) in [6.45, 7) is 5.79. The minimum atomic E-state index is -0.292. The predicted molar refractivity (Wildman–Crippen MR) is 99.7 cm³/mol. The number of hydrogen-bond donors (Lipinski definition) is 1. The molecule has 4 rings (SSSR count). The number of nitrogens with one attached hydrogen (secondary N) is 1. The monoisotopic (exact) mass is 346 g/mol. The number of benzene rings is 1. The summed E-state index contributed by atoms with van der Waals surface area (Å²) in [7, 11) is 0. The molecule has 0 bridgehead atoms. The summed E-state index contributed by atoms with van der Waals surface area (Å²) in [5.41, 5.74) is 4.06. The zero-order valence-electron chi connectivity index (χ0n) is 14.8. The molecule has 0 aliphatic heterocycles. The van der Waals surface area contributed by atoms with Crippen LogP contribution in [0.5, 0.6) is 0 Å². The summed E-state index contributed by atoms with van der Waals surface area (Å²) < 4.78 is 7.47. The molecule has 1 aromatic carbocycles. The third kappa shape index (κ3) is 2.75. The molecule has 26 heavy (non-hydrogen) atoms. The number of rotatable bonds is 3. The van der Waals surface area contributed by atoms with Crippen molar-refractivity contribution in [2.45, 2.75) is 20.8 Å². The first kappa shape index (κ1) is 16.1. The molecular weight excluding hydrogens is 328 g/mol. The van der Waals surface area contributed by atoms with Crippen molar-refractivity contribution in [2.24, 2.45) is 0 Å². The van der Waals surface area contributed by atoms with Crippen LogP contribution in [0.15, 0.2) is 53.1 Å². The van der Waals surface area contributed by atoms with Crippen molar-refractivity contribution in [1.29, 1.82) is 0 Å². The number of fused-ring (bicyclic) bond motifs is 1. The van der Waals surface area contributed by atoms with Crippen molar-refractivity contribution in [3.63, 3.8) is 0 Å². The van der Waals surface area contributed by atoms with Crippen LogP contribution in [0.1, 0.15) is 27.5 Å². The van der Waals surface area contributed by atoms with Gasteiger partial charge >= 0.3 is 0 Å². The van der Waals surface area contributed by atoms with Crippen molar-refractivity contribution >= 4 is 22.6 Å². The Kier molecular flexibility index (Phi) is 3.80. The van der Waals surface area contributed by atoms with E-state index in [-0.39, 0.29) is 5.91 Å². The second-order valence-corrected chi connectivity index (χ2v) is 6.25. The summed E-state index contributed by atoms with van der Waals surface area (Å²) in [4.78, 5) is 17.0. The number of aromatic nitrogens is 3. The fraction of sp³-hybridized carbons (Fsp3) is 0.150. The number of para-hydroxylation sites is 1. The Bertz CT molecular complexity index is 1110. The van der Waals surface area contributed by atoms with E-state index in [0.717, 1.165) is 22.3 Å². The summed E-state index contributed by atoms with van der Waals surface area (Å²) in [5, 5.41) is 8.18. The Balaban J connectivity index is 1.58. The Morgan fingerprint density at radius 3 is 2.58 bits per heavy atom. The van der Waals surface area contributed by atoms with Gasteiger partial charge in [0.1, 0.15) is 5.58 Å². The minimum Gasteiger partial charge on any atom is -0.451 e. The molecule has 3 aromatic heterocycles. The third-order valence-corrected chi connectivity index (χ3v) is 4.28. The summed E-state index contributed by atoms with van der Waals surface area (Å²) >= 11 is 0. The van der Waals surface area contributed by atoms with E-state index < -0.39 is 0 Å². The Labute approximate surface area is 150 Å². The number of amides is 1. The lowest BCUT2D eigenvalue weighted by atomic mass is 10.1. The van der Waals surface area contributed by atoms with Crippen LogP contribution in [0.4, 0.5) is 5.69 Å². The smallest absolute Gasteiger partial charge is 0.291 e. The van der Waals surface area contributed by atoms with Gasteiger partial charge in [0.2, 0.25) is 0 Å². The van der Waals surface area contributed by atoms with Crippen LogP contribution in [0.25, 0.3) is 16.8 Å². The first-order valence-corrected chi connectivity index (χ1v) is 8.32. The van der Waals surface area contributed by atoms with Crippen LogP contribution >= 0.6 is 0 Å². The Morgan fingerprint density at radius 2 is 1.92 bits per heavy atom. The lowest BCUT2D eigenvalue weighted by Gasteiger charge is -2.06. The predicted octanol–water partition coefficient (Wildman–Crippen LogP) is 4.19. The molecule has 0 unspecified atom stereocenters. The number of pyridine rings is 1. The fourth-order valence-electron chi connectivity index (χ4n) is 3.02. The first-order valence-electron chi connectivity index (χ1n) is 8.32. The van der Waals surface area contributed by atoms with E-state index in [9.17, 15) is 4.79 Å². The lowest BCUT2D eigenvalue weighted by Crippen LogP contribution is -2.12. The summed E-state index contributed by atoms with van der Waals surface area (Å²) in [6, 6.07) is 13.2. The van der Waals surface area contributed by atoms with Gasteiger partial charge in [0.25, 0.3) is 5.91 Å². The maximum absolute atomic E-state index is 12.6. The van der Waals surface area contributed by atoms with Gasteiger partial charge in [-0.05, 0) is 45.0 Å². The highest BCUT2D eigenvalue weighted by molar-refractivity contribution is 6.06. The zero-order chi connectivity index (χ0) is 18.3. The fourth-order valence-corrected chi connectivity index (χ4v) is 3.02. The number of aryl methyl sites for hydroxylation is 3. The van der Waals surface area contributed by atoms with Crippen LogP contribution in [0, 0.1) is 20.8 Å². The van der Waals surface area contributed by atoms with E-state index in [2.05, 4.69) is 15.4 Å². The average Bonchev–Trinajstić information content (AvgIpc) is 3.15. The molecule has 4 aromatic rings. The quantitative estimate of drug-likeness (QED) is 0.604. The van der Waals surface area contributed by atoms with Gasteiger partial charge in [0.05, 0.1) is 17.6 Å². The van der Waals surface area contributed by atoms with Gasteiger partial charge in [0, 0.05) is 16.6 Å². The van der Waals surface area contributed by atoms with Gasteiger partial charge in [-0.1, -0.05) is 18.2 Å². The standard InChI is InChI=1S/C20H18N4O2/c1-12-10-13(2)24(23-12)18-9-8-15(11-21-18)22-20(25)19-14(3)16-6-4-5-7-17(16)26-19/h4-11H,1-3H3,(H,22,25). The molecule has 0 atom stereocenters. The topological polar surface area (TPSA) is 73.0 Å². The van der Waals surface area contributed by atoms with Gasteiger partial charge in [0.15, 0.2) is 11.6 Å². The van der Waals surface area contributed by atoms with E-state index in [0.29, 0.717) is 22.8 Å². The van der Waals surface area contributed by atoms with Gasteiger partial charge in [-0.25, -0.2) is 9.67 Å². The Hall–Kier alpha value is -3.41. The number of hydrogen-bond acceptors (Lipinski definition) is 4. The number of nitrogens with zero attached hydrogens (tertiary/aromatic N) is 3. The molecule has 0 aliphatic rings. The lowest BCUT2D eigenvalue weighted by molar-refractivity contribution is 0.0998. The largest absolute Gasteiger partial charge is 0.451 e. The highest BCUT2D eigenvalue weighted by Crippen LogP contribution is 2.25. The molecule has 0 saturated carbocycles. The average molecular weight is 346 g/mol. The number of carbonyl (C=O) groups excluding carboxylic acids is 1. The van der Waals surface area contributed by atoms with E-state index in [4.69, 9.17) is 4.42 Å². The van der Waals surface area contributed by atoms with E-state index in [1.165, 1.54) is 0 Å². The third-order valence-electron chi connectivity index (χ3n) is 4.28. The van der Waals surface area contributed by atoms with Crippen molar-refractivity contribution in [1.82, 2.24) is 14.8 Å². The highest BCUT2D eigenvalue weighted by atomic mass is 16.3. The number of furan rings is 1. The molecule has 130 valence electrons. The number of carbonyl (C=O) groups is 1. The summed E-state index contributed by atoms with van der Waals surface area (Å²) in [5.74, 6) is 0.724. The van der Waals surface area contributed by atoms with E-state index in [1.807, 2.05) is 57.2 Å².